The second kappa shape index (κ2) is 5.67. The van der Waals surface area contributed by atoms with Crippen LogP contribution in [0.2, 0.25) is 0 Å². The molecule has 1 aliphatic heterocycles. The van der Waals surface area contributed by atoms with Gasteiger partial charge in [0.05, 0.1) is 5.41 Å². The molecular weight excluding hydrogens is 200 g/mol. The van der Waals surface area contributed by atoms with Crippen molar-refractivity contribution in [1.82, 2.24) is 10.2 Å². The van der Waals surface area contributed by atoms with Crippen molar-refractivity contribution in [3.63, 3.8) is 0 Å². The highest BCUT2D eigenvalue weighted by Gasteiger charge is 2.37. The summed E-state index contributed by atoms with van der Waals surface area (Å²) in [6.45, 7) is 8.28. The smallest absolute Gasteiger partial charge is 0.229 e. The van der Waals surface area contributed by atoms with Crippen LogP contribution in [0, 0.1) is 5.41 Å². The molecule has 94 valence electrons. The number of rotatable bonds is 4. The molecule has 0 bridgehead atoms. The molecule has 0 aliphatic carbocycles. The molecule has 1 amide bonds. The third-order valence-electron chi connectivity index (χ3n) is 3.80. The molecule has 1 N–H and O–H groups in total. The molecule has 1 aliphatic rings. The average Bonchev–Trinajstić information content (AvgIpc) is 2.28. The molecular formula is C13H26N2O. The van der Waals surface area contributed by atoms with E-state index in [1.165, 1.54) is 0 Å². The van der Waals surface area contributed by atoms with Crippen molar-refractivity contribution < 1.29 is 4.79 Å². The first-order chi connectivity index (χ1) is 7.51. The molecule has 1 fully saturated rings. The minimum atomic E-state index is -0.186. The monoisotopic (exact) mass is 226 g/mol. The van der Waals surface area contributed by atoms with Crippen LogP contribution in [-0.4, -0.2) is 37.0 Å². The Morgan fingerprint density at radius 2 is 2.25 bits per heavy atom. The average molecular weight is 226 g/mol. The summed E-state index contributed by atoms with van der Waals surface area (Å²) in [4.78, 5) is 14.4. The summed E-state index contributed by atoms with van der Waals surface area (Å²) < 4.78 is 0. The highest BCUT2D eigenvalue weighted by Crippen LogP contribution is 2.28. The number of hydrogen-bond acceptors (Lipinski definition) is 2. The van der Waals surface area contributed by atoms with Crippen LogP contribution in [0.1, 0.15) is 46.5 Å². The number of carbonyl (C=O) groups is 1. The van der Waals surface area contributed by atoms with E-state index in [1.54, 1.807) is 0 Å². The first-order valence-electron chi connectivity index (χ1n) is 6.49. The Balaban J connectivity index is 2.61. The molecule has 0 aromatic carbocycles. The van der Waals surface area contributed by atoms with E-state index in [2.05, 4.69) is 26.1 Å². The fraction of sp³-hybridized carbons (Fsp3) is 0.923. The molecule has 2 atom stereocenters. The summed E-state index contributed by atoms with van der Waals surface area (Å²) >= 11 is 0. The lowest BCUT2D eigenvalue weighted by Crippen LogP contribution is -2.51. The Bertz CT molecular complexity index is 234. The van der Waals surface area contributed by atoms with Crippen LogP contribution in [0.4, 0.5) is 0 Å². The minimum absolute atomic E-state index is 0.186. The quantitative estimate of drug-likeness (QED) is 0.795. The summed E-state index contributed by atoms with van der Waals surface area (Å²) in [5, 5.41) is 3.33. The predicted octanol–water partition coefficient (Wildman–Crippen LogP) is 2.02. The molecule has 3 heteroatoms. The number of carbonyl (C=O) groups excluding carboxylic acids is 1. The third kappa shape index (κ3) is 2.97. The van der Waals surface area contributed by atoms with E-state index in [-0.39, 0.29) is 5.41 Å². The standard InChI is InChI=1S/C13H26N2O/c1-5-7-11(2)15(4)12(16)13(3)8-6-9-14-10-13/h11,14H,5-10H2,1-4H3. The number of amides is 1. The van der Waals surface area contributed by atoms with E-state index in [0.29, 0.717) is 11.9 Å². The second-order valence-corrected chi connectivity index (χ2v) is 5.39. The Kier molecular flexibility index (Phi) is 4.78. The maximum Gasteiger partial charge on any atom is 0.229 e. The van der Waals surface area contributed by atoms with Crippen LogP contribution >= 0.6 is 0 Å². The van der Waals surface area contributed by atoms with Crippen molar-refractivity contribution in [2.24, 2.45) is 5.41 Å². The van der Waals surface area contributed by atoms with Crippen LogP contribution in [0.3, 0.4) is 0 Å². The van der Waals surface area contributed by atoms with E-state index >= 15 is 0 Å². The van der Waals surface area contributed by atoms with Crippen LogP contribution in [0.25, 0.3) is 0 Å². The third-order valence-corrected chi connectivity index (χ3v) is 3.80. The van der Waals surface area contributed by atoms with Gasteiger partial charge in [-0.3, -0.25) is 4.79 Å². The zero-order valence-corrected chi connectivity index (χ0v) is 11.2. The van der Waals surface area contributed by atoms with Gasteiger partial charge in [0.25, 0.3) is 0 Å². The molecule has 16 heavy (non-hydrogen) atoms. The maximum absolute atomic E-state index is 12.4. The fourth-order valence-electron chi connectivity index (χ4n) is 2.48. The van der Waals surface area contributed by atoms with Gasteiger partial charge in [0.2, 0.25) is 5.91 Å². The topological polar surface area (TPSA) is 32.3 Å². The van der Waals surface area contributed by atoms with Crippen molar-refractivity contribution in [3.8, 4) is 0 Å². The van der Waals surface area contributed by atoms with E-state index in [1.807, 2.05) is 11.9 Å². The lowest BCUT2D eigenvalue weighted by Gasteiger charge is -2.38. The summed E-state index contributed by atoms with van der Waals surface area (Å²) in [6, 6.07) is 0.358. The molecule has 3 nitrogen and oxygen atoms in total. The highest BCUT2D eigenvalue weighted by molar-refractivity contribution is 5.82. The summed E-state index contributed by atoms with van der Waals surface area (Å²) in [5.41, 5.74) is -0.186. The van der Waals surface area contributed by atoms with Gasteiger partial charge in [-0.1, -0.05) is 13.3 Å². The largest absolute Gasteiger partial charge is 0.343 e. The van der Waals surface area contributed by atoms with Crippen molar-refractivity contribution in [3.05, 3.63) is 0 Å². The van der Waals surface area contributed by atoms with Crippen LogP contribution in [0.15, 0.2) is 0 Å². The first-order valence-corrected chi connectivity index (χ1v) is 6.49. The molecule has 0 radical (unpaired) electrons. The second-order valence-electron chi connectivity index (χ2n) is 5.39. The maximum atomic E-state index is 12.4. The number of piperidine rings is 1. The normalized spacial score (nSPS) is 27.5. The van der Waals surface area contributed by atoms with E-state index in [0.717, 1.165) is 38.8 Å². The SMILES string of the molecule is CCCC(C)N(C)C(=O)C1(C)CCCNC1. The minimum Gasteiger partial charge on any atom is -0.343 e. The van der Waals surface area contributed by atoms with E-state index < -0.39 is 0 Å². The van der Waals surface area contributed by atoms with Gasteiger partial charge in [-0.15, -0.1) is 0 Å². The van der Waals surface area contributed by atoms with Crippen molar-refractivity contribution in [2.75, 3.05) is 20.1 Å². The summed E-state index contributed by atoms with van der Waals surface area (Å²) in [5.74, 6) is 0.306. The predicted molar refractivity (Wildman–Crippen MR) is 67.4 cm³/mol. The zero-order chi connectivity index (χ0) is 12.2. The van der Waals surface area contributed by atoms with Gasteiger partial charge in [-0.25, -0.2) is 0 Å². The van der Waals surface area contributed by atoms with Gasteiger partial charge < -0.3 is 10.2 Å². The number of hydrogen-bond donors (Lipinski definition) is 1. The first kappa shape index (κ1) is 13.5. The van der Waals surface area contributed by atoms with E-state index in [9.17, 15) is 4.79 Å². The molecule has 0 spiro atoms. The lowest BCUT2D eigenvalue weighted by molar-refractivity contribution is -0.142. The van der Waals surface area contributed by atoms with Crippen molar-refractivity contribution >= 4 is 5.91 Å². The molecule has 0 aromatic heterocycles. The van der Waals surface area contributed by atoms with Crippen LogP contribution < -0.4 is 5.32 Å². The van der Waals surface area contributed by atoms with Crippen LogP contribution in [0.5, 0.6) is 0 Å². The van der Waals surface area contributed by atoms with Gasteiger partial charge in [0, 0.05) is 19.6 Å². The summed E-state index contributed by atoms with van der Waals surface area (Å²) in [6.07, 6.45) is 4.35. The lowest BCUT2D eigenvalue weighted by atomic mass is 9.81. The molecule has 1 rings (SSSR count). The Hall–Kier alpha value is -0.570. The van der Waals surface area contributed by atoms with E-state index in [4.69, 9.17) is 0 Å². The summed E-state index contributed by atoms with van der Waals surface area (Å²) in [7, 11) is 1.95. The molecule has 0 saturated carbocycles. The molecule has 1 saturated heterocycles. The van der Waals surface area contributed by atoms with Gasteiger partial charge in [-0.2, -0.15) is 0 Å². The van der Waals surface area contributed by atoms with Gasteiger partial charge >= 0.3 is 0 Å². The number of nitrogens with zero attached hydrogens (tertiary/aromatic N) is 1. The Morgan fingerprint density at radius 1 is 1.56 bits per heavy atom. The van der Waals surface area contributed by atoms with Gasteiger partial charge in [0.15, 0.2) is 0 Å². The molecule has 1 heterocycles. The highest BCUT2D eigenvalue weighted by atomic mass is 16.2. The van der Waals surface area contributed by atoms with Crippen molar-refractivity contribution in [1.29, 1.82) is 0 Å². The zero-order valence-electron chi connectivity index (χ0n) is 11.2. The number of nitrogens with one attached hydrogen (secondary N) is 1. The fourth-order valence-corrected chi connectivity index (χ4v) is 2.48. The van der Waals surface area contributed by atoms with Gasteiger partial charge in [0.1, 0.15) is 0 Å². The van der Waals surface area contributed by atoms with Crippen molar-refractivity contribution in [2.45, 2.75) is 52.5 Å². The molecule has 0 aromatic rings. The Morgan fingerprint density at radius 3 is 2.75 bits per heavy atom. The van der Waals surface area contributed by atoms with Crippen LogP contribution in [-0.2, 0) is 4.79 Å². The van der Waals surface area contributed by atoms with Gasteiger partial charge in [-0.05, 0) is 39.7 Å². The molecule has 2 unspecified atom stereocenters. The Labute approximate surface area is 99.6 Å².